The first-order valence-electron chi connectivity index (χ1n) is 7.88. The highest BCUT2D eigenvalue weighted by molar-refractivity contribution is 5.88. The zero-order chi connectivity index (χ0) is 15.9. The SMILES string of the molecule is O=C(NCc1cccnc1OC1CCCC1)Nc1ccccn1. The van der Waals surface area contributed by atoms with Crippen LogP contribution in [0, 0.1) is 0 Å². The molecule has 1 aliphatic carbocycles. The molecule has 0 aliphatic heterocycles. The summed E-state index contributed by atoms with van der Waals surface area (Å²) < 4.78 is 5.96. The van der Waals surface area contributed by atoms with E-state index in [9.17, 15) is 4.79 Å². The third kappa shape index (κ3) is 4.42. The van der Waals surface area contributed by atoms with Crippen LogP contribution in [0.25, 0.3) is 0 Å². The highest BCUT2D eigenvalue weighted by Crippen LogP contribution is 2.24. The van der Waals surface area contributed by atoms with Crippen molar-refractivity contribution in [3.63, 3.8) is 0 Å². The molecule has 0 saturated heterocycles. The van der Waals surface area contributed by atoms with Crippen LogP contribution in [0.3, 0.4) is 0 Å². The summed E-state index contributed by atoms with van der Waals surface area (Å²) in [4.78, 5) is 20.3. The molecule has 1 fully saturated rings. The molecule has 2 heterocycles. The largest absolute Gasteiger partial charge is 0.474 e. The first-order valence-corrected chi connectivity index (χ1v) is 7.88. The van der Waals surface area contributed by atoms with Crippen molar-refractivity contribution in [2.75, 3.05) is 5.32 Å². The molecular formula is C17H20N4O2. The van der Waals surface area contributed by atoms with Crippen LogP contribution in [0.5, 0.6) is 5.88 Å². The van der Waals surface area contributed by atoms with Crippen LogP contribution in [0.15, 0.2) is 42.7 Å². The van der Waals surface area contributed by atoms with Crippen molar-refractivity contribution in [2.45, 2.75) is 38.3 Å². The maximum absolute atomic E-state index is 11.9. The highest BCUT2D eigenvalue weighted by atomic mass is 16.5. The zero-order valence-electron chi connectivity index (χ0n) is 12.9. The van der Waals surface area contributed by atoms with Gasteiger partial charge in [-0.1, -0.05) is 12.1 Å². The Labute approximate surface area is 135 Å². The predicted octanol–water partition coefficient (Wildman–Crippen LogP) is 3.12. The van der Waals surface area contributed by atoms with Crippen LogP contribution in [0.1, 0.15) is 31.2 Å². The fourth-order valence-electron chi connectivity index (χ4n) is 2.60. The summed E-state index contributed by atoms with van der Waals surface area (Å²) in [6.45, 7) is 0.356. The van der Waals surface area contributed by atoms with Crippen molar-refractivity contribution in [3.8, 4) is 5.88 Å². The summed E-state index contributed by atoms with van der Waals surface area (Å²) >= 11 is 0. The molecule has 2 aromatic heterocycles. The number of carbonyl (C=O) groups is 1. The van der Waals surface area contributed by atoms with Gasteiger partial charge in [0, 0.05) is 24.5 Å². The number of hydrogen-bond donors (Lipinski definition) is 2. The van der Waals surface area contributed by atoms with Crippen molar-refractivity contribution in [2.24, 2.45) is 0 Å². The van der Waals surface area contributed by atoms with Crippen molar-refractivity contribution in [1.29, 1.82) is 0 Å². The van der Waals surface area contributed by atoms with E-state index in [0.29, 0.717) is 18.2 Å². The van der Waals surface area contributed by atoms with Crippen LogP contribution >= 0.6 is 0 Å². The maximum atomic E-state index is 11.9. The lowest BCUT2D eigenvalue weighted by Gasteiger charge is -2.15. The van der Waals surface area contributed by atoms with Gasteiger partial charge in [0.2, 0.25) is 5.88 Å². The molecule has 1 aliphatic rings. The standard InChI is InChI=1S/C17H20N4O2/c22-17(21-15-9-3-4-10-18-15)20-12-13-6-5-11-19-16(13)23-14-7-1-2-8-14/h3-6,9-11,14H,1-2,7-8,12H2,(H2,18,20,21,22). The third-order valence-electron chi connectivity index (χ3n) is 3.78. The van der Waals surface area contributed by atoms with Crippen molar-refractivity contribution < 1.29 is 9.53 Å². The molecule has 6 nitrogen and oxygen atoms in total. The van der Waals surface area contributed by atoms with Crippen molar-refractivity contribution >= 4 is 11.8 Å². The molecule has 0 atom stereocenters. The van der Waals surface area contributed by atoms with E-state index >= 15 is 0 Å². The van der Waals surface area contributed by atoms with Crippen molar-refractivity contribution in [1.82, 2.24) is 15.3 Å². The summed E-state index contributed by atoms with van der Waals surface area (Å²) in [5.74, 6) is 1.12. The lowest BCUT2D eigenvalue weighted by atomic mass is 10.2. The smallest absolute Gasteiger partial charge is 0.320 e. The Bertz CT molecular complexity index is 642. The van der Waals surface area contributed by atoms with E-state index in [0.717, 1.165) is 18.4 Å². The number of ether oxygens (including phenoxy) is 1. The minimum atomic E-state index is -0.306. The summed E-state index contributed by atoms with van der Waals surface area (Å²) in [6, 6.07) is 8.80. The van der Waals surface area contributed by atoms with E-state index in [2.05, 4.69) is 20.6 Å². The minimum Gasteiger partial charge on any atom is -0.474 e. The topological polar surface area (TPSA) is 76.1 Å². The Balaban J connectivity index is 1.56. The van der Waals surface area contributed by atoms with Gasteiger partial charge in [0.05, 0.1) is 0 Å². The lowest BCUT2D eigenvalue weighted by molar-refractivity contribution is 0.199. The number of urea groups is 1. The molecule has 0 radical (unpaired) electrons. The Morgan fingerprint density at radius 1 is 1.13 bits per heavy atom. The number of amides is 2. The first kappa shape index (κ1) is 15.3. The second-order valence-electron chi connectivity index (χ2n) is 5.51. The summed E-state index contributed by atoms with van der Waals surface area (Å²) in [5, 5.41) is 5.49. The van der Waals surface area contributed by atoms with Crippen LogP contribution in [0.2, 0.25) is 0 Å². The predicted molar refractivity (Wildman–Crippen MR) is 87.2 cm³/mol. The Hall–Kier alpha value is -2.63. The van der Waals surface area contributed by atoms with Gasteiger partial charge in [-0.25, -0.2) is 14.8 Å². The Morgan fingerprint density at radius 3 is 2.74 bits per heavy atom. The summed E-state index contributed by atoms with van der Waals surface area (Å²) in [6.07, 6.45) is 8.14. The summed E-state index contributed by atoms with van der Waals surface area (Å²) in [7, 11) is 0. The van der Waals surface area contributed by atoms with E-state index in [1.807, 2.05) is 18.2 Å². The molecule has 6 heteroatoms. The number of anilines is 1. The number of pyridine rings is 2. The van der Waals surface area contributed by atoms with Crippen LogP contribution in [-0.4, -0.2) is 22.1 Å². The van der Waals surface area contributed by atoms with Gasteiger partial charge >= 0.3 is 6.03 Å². The number of aromatic nitrogens is 2. The number of hydrogen-bond acceptors (Lipinski definition) is 4. The fourth-order valence-corrected chi connectivity index (χ4v) is 2.60. The average Bonchev–Trinajstić information content (AvgIpc) is 3.08. The molecule has 0 aromatic carbocycles. The Morgan fingerprint density at radius 2 is 1.96 bits per heavy atom. The molecule has 0 unspecified atom stereocenters. The second kappa shape index (κ2) is 7.58. The van der Waals surface area contributed by atoms with Crippen LogP contribution in [0.4, 0.5) is 10.6 Å². The van der Waals surface area contributed by atoms with Gasteiger partial charge in [0.1, 0.15) is 11.9 Å². The second-order valence-corrected chi connectivity index (χ2v) is 5.51. The molecule has 2 N–H and O–H groups in total. The normalized spacial score (nSPS) is 14.4. The fraction of sp³-hybridized carbons (Fsp3) is 0.353. The van der Waals surface area contributed by atoms with E-state index in [4.69, 9.17) is 4.74 Å². The number of rotatable bonds is 5. The molecule has 23 heavy (non-hydrogen) atoms. The molecule has 2 aromatic rings. The highest BCUT2D eigenvalue weighted by Gasteiger charge is 2.18. The van der Waals surface area contributed by atoms with Crippen LogP contribution in [-0.2, 0) is 6.54 Å². The monoisotopic (exact) mass is 312 g/mol. The van der Waals surface area contributed by atoms with E-state index in [1.165, 1.54) is 12.8 Å². The lowest BCUT2D eigenvalue weighted by Crippen LogP contribution is -2.29. The molecule has 120 valence electrons. The van der Waals surface area contributed by atoms with E-state index < -0.39 is 0 Å². The van der Waals surface area contributed by atoms with Gasteiger partial charge in [0.15, 0.2) is 0 Å². The average molecular weight is 312 g/mol. The molecule has 1 saturated carbocycles. The molecule has 0 bridgehead atoms. The van der Waals surface area contributed by atoms with Gasteiger partial charge in [-0.2, -0.15) is 0 Å². The number of nitrogens with one attached hydrogen (secondary N) is 2. The number of nitrogens with zero attached hydrogens (tertiary/aromatic N) is 2. The molecular weight excluding hydrogens is 292 g/mol. The van der Waals surface area contributed by atoms with Gasteiger partial charge in [0.25, 0.3) is 0 Å². The van der Waals surface area contributed by atoms with Gasteiger partial charge in [-0.05, 0) is 43.9 Å². The third-order valence-corrected chi connectivity index (χ3v) is 3.78. The Kier molecular flexibility index (Phi) is 5.03. The van der Waals surface area contributed by atoms with Gasteiger partial charge in [-0.15, -0.1) is 0 Å². The van der Waals surface area contributed by atoms with Crippen molar-refractivity contribution in [3.05, 3.63) is 48.3 Å². The number of carbonyl (C=O) groups excluding carboxylic acids is 1. The summed E-state index contributed by atoms with van der Waals surface area (Å²) in [5.41, 5.74) is 0.871. The van der Waals surface area contributed by atoms with E-state index in [1.54, 1.807) is 24.5 Å². The molecule has 0 spiro atoms. The first-order chi connectivity index (χ1) is 11.3. The quantitative estimate of drug-likeness (QED) is 0.889. The molecule has 2 amide bonds. The molecule has 3 rings (SSSR count). The minimum absolute atomic E-state index is 0.242. The van der Waals surface area contributed by atoms with Gasteiger partial charge in [-0.3, -0.25) is 5.32 Å². The van der Waals surface area contributed by atoms with Crippen LogP contribution < -0.4 is 15.4 Å². The zero-order valence-corrected chi connectivity index (χ0v) is 12.9. The van der Waals surface area contributed by atoms with Gasteiger partial charge < -0.3 is 10.1 Å². The van der Waals surface area contributed by atoms with E-state index in [-0.39, 0.29) is 12.1 Å². The maximum Gasteiger partial charge on any atom is 0.320 e.